The molecular weight excluding hydrogens is 118 g/mol. The molecule has 3 heteroatoms. The summed E-state index contributed by atoms with van der Waals surface area (Å²) < 4.78 is 4.98. The summed E-state index contributed by atoms with van der Waals surface area (Å²) >= 11 is 0. The lowest BCUT2D eigenvalue weighted by Gasteiger charge is -2.15. The number of hydrogen-bond acceptors (Lipinski definition) is 3. The maximum absolute atomic E-state index is 8.83. The Kier molecular flexibility index (Phi) is 5.93. The van der Waals surface area contributed by atoms with Crippen LogP contribution in [0.15, 0.2) is 0 Å². The quantitative estimate of drug-likeness (QED) is 0.478. The van der Waals surface area contributed by atoms with Gasteiger partial charge in [0, 0.05) is 13.2 Å². The molecule has 9 heavy (non-hydrogen) atoms. The van der Waals surface area contributed by atoms with Crippen molar-refractivity contribution in [2.45, 2.75) is 18.9 Å². The normalized spacial score (nSPS) is 20.3. The summed E-state index contributed by atoms with van der Waals surface area (Å²) in [5, 5.41) is 8.83. The molecule has 0 aromatic rings. The fraction of sp³-hybridized carbons (Fsp3) is 1.00. The van der Waals surface area contributed by atoms with Gasteiger partial charge in [-0.25, -0.2) is 0 Å². The summed E-state index contributed by atoms with van der Waals surface area (Å²) in [6.07, 6.45) is 1.55. The standard InChI is InChI=1S/C5H10O2.CH5N/c6-5-1-3-7-4-2-5;1-2/h5-6H,1-4H2;2H2,1H3. The molecule has 1 rings (SSSR count). The Morgan fingerprint density at radius 1 is 1.33 bits per heavy atom. The van der Waals surface area contributed by atoms with Crippen molar-refractivity contribution in [2.24, 2.45) is 5.73 Å². The molecule has 56 valence electrons. The lowest BCUT2D eigenvalue weighted by Crippen LogP contribution is -2.19. The van der Waals surface area contributed by atoms with Gasteiger partial charge in [0.15, 0.2) is 0 Å². The summed E-state index contributed by atoms with van der Waals surface area (Å²) in [7, 11) is 1.50. The van der Waals surface area contributed by atoms with Gasteiger partial charge in [-0.15, -0.1) is 0 Å². The minimum Gasteiger partial charge on any atom is -0.393 e. The topological polar surface area (TPSA) is 55.5 Å². The minimum atomic E-state index is -0.0891. The zero-order chi connectivity index (χ0) is 7.11. The van der Waals surface area contributed by atoms with E-state index in [1.54, 1.807) is 0 Å². The van der Waals surface area contributed by atoms with E-state index in [4.69, 9.17) is 9.84 Å². The highest BCUT2D eigenvalue weighted by molar-refractivity contribution is 4.58. The van der Waals surface area contributed by atoms with Gasteiger partial charge in [-0.05, 0) is 19.9 Å². The smallest absolute Gasteiger partial charge is 0.0584 e. The molecule has 0 aromatic heterocycles. The van der Waals surface area contributed by atoms with E-state index in [9.17, 15) is 0 Å². The molecule has 1 aliphatic rings. The van der Waals surface area contributed by atoms with Crippen LogP contribution >= 0.6 is 0 Å². The van der Waals surface area contributed by atoms with Crippen LogP contribution in [0.2, 0.25) is 0 Å². The summed E-state index contributed by atoms with van der Waals surface area (Å²) in [5.74, 6) is 0. The van der Waals surface area contributed by atoms with Crippen molar-refractivity contribution in [3.05, 3.63) is 0 Å². The first-order valence-electron chi connectivity index (χ1n) is 3.23. The van der Waals surface area contributed by atoms with Crippen LogP contribution in [0, 0.1) is 0 Å². The fourth-order valence-corrected chi connectivity index (χ4v) is 0.685. The molecule has 1 fully saturated rings. The molecule has 1 heterocycles. The van der Waals surface area contributed by atoms with E-state index in [2.05, 4.69) is 5.73 Å². The lowest BCUT2D eigenvalue weighted by atomic mass is 10.2. The van der Waals surface area contributed by atoms with Crippen molar-refractivity contribution >= 4 is 0 Å². The highest BCUT2D eigenvalue weighted by atomic mass is 16.5. The summed E-state index contributed by atoms with van der Waals surface area (Å²) in [6.45, 7) is 1.47. The lowest BCUT2D eigenvalue weighted by molar-refractivity contribution is 0.0140. The highest BCUT2D eigenvalue weighted by Crippen LogP contribution is 2.04. The Balaban J connectivity index is 0.000000291. The second-order valence-corrected chi connectivity index (χ2v) is 1.84. The van der Waals surface area contributed by atoms with E-state index in [-0.39, 0.29) is 6.10 Å². The number of rotatable bonds is 0. The van der Waals surface area contributed by atoms with Crippen LogP contribution in [0.3, 0.4) is 0 Å². The van der Waals surface area contributed by atoms with Gasteiger partial charge in [-0.3, -0.25) is 0 Å². The van der Waals surface area contributed by atoms with Gasteiger partial charge in [0.1, 0.15) is 0 Å². The van der Waals surface area contributed by atoms with Crippen LogP contribution in [0.1, 0.15) is 12.8 Å². The zero-order valence-corrected chi connectivity index (χ0v) is 5.84. The van der Waals surface area contributed by atoms with Gasteiger partial charge in [-0.2, -0.15) is 0 Å². The van der Waals surface area contributed by atoms with Crippen molar-refractivity contribution in [3.8, 4) is 0 Å². The van der Waals surface area contributed by atoms with E-state index in [1.807, 2.05) is 0 Å². The molecule has 1 saturated heterocycles. The molecule has 0 spiro atoms. The predicted octanol–water partition coefficient (Wildman–Crippen LogP) is -0.267. The van der Waals surface area contributed by atoms with Crippen LogP contribution in [0.25, 0.3) is 0 Å². The van der Waals surface area contributed by atoms with E-state index in [0.29, 0.717) is 0 Å². The third-order valence-corrected chi connectivity index (χ3v) is 1.19. The summed E-state index contributed by atoms with van der Waals surface area (Å²) in [6, 6.07) is 0. The number of ether oxygens (including phenoxy) is 1. The van der Waals surface area contributed by atoms with Crippen LogP contribution in [0.4, 0.5) is 0 Å². The van der Waals surface area contributed by atoms with Crippen LogP contribution in [0.5, 0.6) is 0 Å². The average Bonchev–Trinajstić information content (AvgIpc) is 1.94. The summed E-state index contributed by atoms with van der Waals surface area (Å²) in [4.78, 5) is 0. The number of nitrogens with two attached hydrogens (primary N) is 1. The zero-order valence-electron chi connectivity index (χ0n) is 5.84. The first-order chi connectivity index (χ1) is 4.39. The van der Waals surface area contributed by atoms with Gasteiger partial charge < -0.3 is 15.6 Å². The largest absolute Gasteiger partial charge is 0.393 e. The molecular formula is C6H15NO2. The predicted molar refractivity (Wildman–Crippen MR) is 36.2 cm³/mol. The summed E-state index contributed by atoms with van der Waals surface area (Å²) in [5.41, 5.74) is 4.50. The SMILES string of the molecule is CN.OC1CCOCC1. The van der Waals surface area contributed by atoms with Crippen molar-refractivity contribution in [1.82, 2.24) is 0 Å². The van der Waals surface area contributed by atoms with E-state index in [1.165, 1.54) is 7.05 Å². The highest BCUT2D eigenvalue weighted by Gasteiger charge is 2.07. The van der Waals surface area contributed by atoms with Crippen molar-refractivity contribution < 1.29 is 9.84 Å². The fourth-order valence-electron chi connectivity index (χ4n) is 0.685. The molecule has 3 nitrogen and oxygen atoms in total. The Bertz CT molecular complexity index is 53.0. The third kappa shape index (κ3) is 4.39. The minimum absolute atomic E-state index is 0.0891. The molecule has 0 atom stereocenters. The van der Waals surface area contributed by atoms with Gasteiger partial charge in [0.25, 0.3) is 0 Å². The van der Waals surface area contributed by atoms with Gasteiger partial charge in [0.05, 0.1) is 6.10 Å². The molecule has 0 aromatic carbocycles. The molecule has 0 saturated carbocycles. The van der Waals surface area contributed by atoms with Crippen molar-refractivity contribution in [2.75, 3.05) is 20.3 Å². The molecule has 0 amide bonds. The van der Waals surface area contributed by atoms with Crippen LogP contribution < -0.4 is 5.73 Å². The Morgan fingerprint density at radius 2 is 1.78 bits per heavy atom. The average molecular weight is 133 g/mol. The van der Waals surface area contributed by atoms with E-state index < -0.39 is 0 Å². The first kappa shape index (κ1) is 8.88. The van der Waals surface area contributed by atoms with Crippen molar-refractivity contribution in [3.63, 3.8) is 0 Å². The van der Waals surface area contributed by atoms with E-state index >= 15 is 0 Å². The third-order valence-electron chi connectivity index (χ3n) is 1.19. The Morgan fingerprint density at radius 3 is 2.00 bits per heavy atom. The molecule has 0 radical (unpaired) electrons. The maximum Gasteiger partial charge on any atom is 0.0584 e. The second-order valence-electron chi connectivity index (χ2n) is 1.84. The van der Waals surface area contributed by atoms with Gasteiger partial charge >= 0.3 is 0 Å². The number of aliphatic hydroxyl groups is 1. The second kappa shape index (κ2) is 6.01. The molecule has 0 aliphatic carbocycles. The van der Waals surface area contributed by atoms with Crippen LogP contribution in [-0.2, 0) is 4.74 Å². The molecule has 0 bridgehead atoms. The van der Waals surface area contributed by atoms with E-state index in [0.717, 1.165) is 26.1 Å². The molecule has 0 unspecified atom stereocenters. The van der Waals surface area contributed by atoms with Gasteiger partial charge in [0.2, 0.25) is 0 Å². The van der Waals surface area contributed by atoms with Crippen molar-refractivity contribution in [1.29, 1.82) is 0 Å². The Labute approximate surface area is 55.8 Å². The number of hydrogen-bond donors (Lipinski definition) is 2. The molecule has 3 N–H and O–H groups in total. The van der Waals surface area contributed by atoms with Gasteiger partial charge in [-0.1, -0.05) is 0 Å². The Hall–Kier alpha value is -0.120. The monoisotopic (exact) mass is 133 g/mol. The maximum atomic E-state index is 8.83. The number of aliphatic hydroxyl groups excluding tert-OH is 1. The van der Waals surface area contributed by atoms with Crippen LogP contribution in [-0.4, -0.2) is 31.5 Å². The molecule has 1 aliphatic heterocycles. The first-order valence-corrected chi connectivity index (χ1v) is 3.23.